The maximum absolute atomic E-state index is 12.7. The number of hydrogen-bond acceptors (Lipinski definition) is 4. The molecule has 0 amide bonds. The highest BCUT2D eigenvalue weighted by molar-refractivity contribution is 5.80. The monoisotopic (exact) mass is 307 g/mol. The molecule has 0 aliphatic rings. The lowest BCUT2D eigenvalue weighted by atomic mass is 10.2. The van der Waals surface area contributed by atoms with E-state index in [1.165, 1.54) is 4.68 Å². The normalized spacial score (nSPS) is 11.3. The van der Waals surface area contributed by atoms with Crippen LogP contribution in [-0.2, 0) is 6.42 Å². The highest BCUT2D eigenvalue weighted by Gasteiger charge is 2.09. The number of fused-ring (bicyclic) bond motifs is 1. The summed E-state index contributed by atoms with van der Waals surface area (Å²) < 4.78 is 1.36. The number of phenols is 1. The van der Waals surface area contributed by atoms with Crippen molar-refractivity contribution in [2.75, 3.05) is 0 Å². The van der Waals surface area contributed by atoms with Crippen molar-refractivity contribution >= 4 is 17.1 Å². The molecule has 5 heteroatoms. The molecule has 0 unspecified atom stereocenters. The minimum atomic E-state index is -0.172. The Morgan fingerprint density at radius 2 is 1.91 bits per heavy atom. The van der Waals surface area contributed by atoms with Crippen LogP contribution < -0.4 is 5.56 Å². The molecule has 0 saturated carbocycles. The largest absolute Gasteiger partial charge is 0.508 e. The molecule has 3 aromatic rings. The predicted octanol–water partition coefficient (Wildman–Crippen LogP) is 2.94. The van der Waals surface area contributed by atoms with Crippen molar-refractivity contribution in [1.29, 1.82) is 0 Å². The van der Waals surface area contributed by atoms with Crippen molar-refractivity contribution in [2.24, 2.45) is 5.10 Å². The van der Waals surface area contributed by atoms with Gasteiger partial charge in [0.15, 0.2) is 0 Å². The van der Waals surface area contributed by atoms with Crippen LogP contribution in [0.15, 0.2) is 58.4 Å². The van der Waals surface area contributed by atoms with Gasteiger partial charge in [0.2, 0.25) is 0 Å². The molecule has 3 rings (SSSR count). The fraction of sp³-hybridized carbons (Fsp3) is 0.167. The van der Waals surface area contributed by atoms with E-state index in [-0.39, 0.29) is 11.3 Å². The quantitative estimate of drug-likeness (QED) is 0.754. The minimum absolute atomic E-state index is 0.172. The van der Waals surface area contributed by atoms with Crippen LogP contribution in [0.25, 0.3) is 10.9 Å². The molecule has 0 spiro atoms. The second-order valence-electron chi connectivity index (χ2n) is 5.25. The zero-order chi connectivity index (χ0) is 16.2. The summed E-state index contributed by atoms with van der Waals surface area (Å²) in [5.74, 6) is 0.838. The Kier molecular flexibility index (Phi) is 4.19. The van der Waals surface area contributed by atoms with Crippen LogP contribution in [0.2, 0.25) is 0 Å². The topological polar surface area (TPSA) is 67.5 Å². The minimum Gasteiger partial charge on any atom is -0.508 e. The van der Waals surface area contributed by atoms with Crippen molar-refractivity contribution in [3.63, 3.8) is 0 Å². The molecule has 1 N–H and O–H groups in total. The van der Waals surface area contributed by atoms with Gasteiger partial charge in [-0.25, -0.2) is 4.98 Å². The summed E-state index contributed by atoms with van der Waals surface area (Å²) >= 11 is 0. The highest BCUT2D eigenvalue weighted by Crippen LogP contribution is 2.10. The summed E-state index contributed by atoms with van der Waals surface area (Å²) in [5, 5.41) is 14.2. The molecule has 1 heterocycles. The molecule has 0 saturated heterocycles. The average Bonchev–Trinajstić information content (AvgIpc) is 2.56. The van der Waals surface area contributed by atoms with Crippen molar-refractivity contribution in [3.8, 4) is 5.75 Å². The third kappa shape index (κ3) is 3.13. The van der Waals surface area contributed by atoms with Gasteiger partial charge >= 0.3 is 0 Å². The maximum Gasteiger partial charge on any atom is 0.282 e. The van der Waals surface area contributed by atoms with Gasteiger partial charge in [0.05, 0.1) is 17.1 Å². The Labute approximate surface area is 133 Å². The smallest absolute Gasteiger partial charge is 0.282 e. The molecule has 1 aromatic heterocycles. The first kappa shape index (κ1) is 15.0. The van der Waals surface area contributed by atoms with Crippen LogP contribution in [-0.4, -0.2) is 21.0 Å². The van der Waals surface area contributed by atoms with E-state index in [0.717, 1.165) is 12.0 Å². The zero-order valence-corrected chi connectivity index (χ0v) is 12.8. The second kappa shape index (κ2) is 6.44. The summed E-state index contributed by atoms with van der Waals surface area (Å²) in [6, 6.07) is 13.9. The molecule has 2 aromatic carbocycles. The van der Waals surface area contributed by atoms with Crippen LogP contribution in [0.4, 0.5) is 0 Å². The molecule has 0 bridgehead atoms. The zero-order valence-electron chi connectivity index (χ0n) is 12.8. The number of nitrogens with zero attached hydrogens (tertiary/aromatic N) is 3. The lowest BCUT2D eigenvalue weighted by Gasteiger charge is -2.08. The Hall–Kier alpha value is -2.95. The Bertz CT molecular complexity index is 912. The summed E-state index contributed by atoms with van der Waals surface area (Å²) in [7, 11) is 0. The van der Waals surface area contributed by atoms with E-state index >= 15 is 0 Å². The SMILES string of the molecule is CCCc1nc2ccccc2c(=O)n1/N=C\c1ccc(O)cc1. The third-order valence-electron chi connectivity index (χ3n) is 3.51. The molecule has 0 aliphatic heterocycles. The van der Waals surface area contributed by atoms with Crippen LogP contribution in [0.3, 0.4) is 0 Å². The number of phenolic OH excluding ortho intramolecular Hbond substituents is 1. The van der Waals surface area contributed by atoms with Gasteiger partial charge in [-0.2, -0.15) is 9.78 Å². The van der Waals surface area contributed by atoms with Crippen molar-refractivity contribution < 1.29 is 5.11 Å². The highest BCUT2D eigenvalue weighted by atomic mass is 16.3. The van der Waals surface area contributed by atoms with Crippen molar-refractivity contribution in [3.05, 3.63) is 70.3 Å². The maximum atomic E-state index is 12.7. The van der Waals surface area contributed by atoms with Crippen LogP contribution in [0.5, 0.6) is 5.75 Å². The van der Waals surface area contributed by atoms with Gasteiger partial charge in [0.25, 0.3) is 5.56 Å². The first-order valence-corrected chi connectivity index (χ1v) is 7.53. The number of benzene rings is 2. The van der Waals surface area contributed by atoms with Gasteiger partial charge in [0, 0.05) is 6.42 Å². The molecular formula is C18H17N3O2. The first-order valence-electron chi connectivity index (χ1n) is 7.53. The van der Waals surface area contributed by atoms with Crippen LogP contribution >= 0.6 is 0 Å². The molecule has 23 heavy (non-hydrogen) atoms. The third-order valence-corrected chi connectivity index (χ3v) is 3.51. The summed E-state index contributed by atoms with van der Waals surface area (Å²) in [6.45, 7) is 2.04. The molecular weight excluding hydrogens is 290 g/mol. The molecule has 5 nitrogen and oxygen atoms in total. The molecule has 0 fully saturated rings. The fourth-order valence-corrected chi connectivity index (χ4v) is 2.36. The molecule has 116 valence electrons. The van der Waals surface area contributed by atoms with Gasteiger partial charge in [-0.1, -0.05) is 19.1 Å². The number of aryl methyl sites for hydroxylation is 1. The summed E-state index contributed by atoms with van der Waals surface area (Å²) in [6.07, 6.45) is 3.14. The van der Waals surface area contributed by atoms with E-state index in [0.29, 0.717) is 23.1 Å². The number of aromatic nitrogens is 2. The number of aromatic hydroxyl groups is 1. The van der Waals surface area contributed by atoms with Gasteiger partial charge < -0.3 is 5.11 Å². The van der Waals surface area contributed by atoms with E-state index in [1.54, 1.807) is 36.5 Å². The Morgan fingerprint density at radius 1 is 1.17 bits per heavy atom. The van der Waals surface area contributed by atoms with Gasteiger partial charge in [-0.3, -0.25) is 4.79 Å². The number of para-hydroxylation sites is 1. The fourth-order valence-electron chi connectivity index (χ4n) is 2.36. The van der Waals surface area contributed by atoms with E-state index in [1.807, 2.05) is 25.1 Å². The van der Waals surface area contributed by atoms with Crippen molar-refractivity contribution in [2.45, 2.75) is 19.8 Å². The Morgan fingerprint density at radius 3 is 2.65 bits per heavy atom. The predicted molar refractivity (Wildman–Crippen MR) is 91.1 cm³/mol. The van der Waals surface area contributed by atoms with Crippen LogP contribution in [0.1, 0.15) is 24.7 Å². The number of hydrogen-bond donors (Lipinski definition) is 1. The van der Waals surface area contributed by atoms with Gasteiger partial charge in [-0.15, -0.1) is 0 Å². The summed E-state index contributed by atoms with van der Waals surface area (Å²) in [4.78, 5) is 17.2. The van der Waals surface area contributed by atoms with E-state index < -0.39 is 0 Å². The van der Waals surface area contributed by atoms with Gasteiger partial charge in [0.1, 0.15) is 11.6 Å². The van der Waals surface area contributed by atoms with Crippen molar-refractivity contribution in [1.82, 2.24) is 9.66 Å². The Balaban J connectivity index is 2.11. The average molecular weight is 307 g/mol. The van der Waals surface area contributed by atoms with Crippen LogP contribution in [0, 0.1) is 0 Å². The molecule has 0 radical (unpaired) electrons. The van der Waals surface area contributed by atoms with E-state index in [4.69, 9.17) is 0 Å². The standard InChI is InChI=1S/C18H17N3O2/c1-2-5-17-20-16-7-4-3-6-15(16)18(23)21(17)19-12-13-8-10-14(22)11-9-13/h3-4,6-12,22H,2,5H2,1H3/b19-12-. The van der Waals surface area contributed by atoms with Gasteiger partial charge in [-0.05, 0) is 48.4 Å². The summed E-state index contributed by atoms with van der Waals surface area (Å²) in [5.41, 5.74) is 1.32. The number of rotatable bonds is 4. The lowest BCUT2D eigenvalue weighted by Crippen LogP contribution is -2.22. The molecule has 0 atom stereocenters. The van der Waals surface area contributed by atoms with E-state index in [2.05, 4.69) is 10.1 Å². The van der Waals surface area contributed by atoms with E-state index in [9.17, 15) is 9.90 Å². The second-order valence-corrected chi connectivity index (χ2v) is 5.25. The lowest BCUT2D eigenvalue weighted by molar-refractivity contribution is 0.475. The molecule has 0 aliphatic carbocycles. The first-order chi connectivity index (χ1) is 11.2.